The minimum Gasteiger partial charge on any atom is -0.494 e. The monoisotopic (exact) mass is 570 g/mol. The van der Waals surface area contributed by atoms with Crippen LogP contribution in [0, 0.1) is 11.2 Å². The molecule has 0 aliphatic carbocycles. The number of carbonyl (C=O) groups excluding carboxylic acids is 1. The van der Waals surface area contributed by atoms with Crippen LogP contribution in [-0.4, -0.2) is 87.7 Å². The lowest BCUT2D eigenvalue weighted by Crippen LogP contribution is -2.39. The number of amidine groups is 1. The van der Waals surface area contributed by atoms with Crippen molar-refractivity contribution >= 4 is 17.3 Å². The van der Waals surface area contributed by atoms with Gasteiger partial charge in [0.05, 0.1) is 51.3 Å². The van der Waals surface area contributed by atoms with Crippen LogP contribution in [0.2, 0.25) is 0 Å². The Bertz CT molecular complexity index is 1270. The van der Waals surface area contributed by atoms with E-state index in [4.69, 9.17) is 24.4 Å². The number of hydrogen-bond acceptors (Lipinski definition) is 8. The van der Waals surface area contributed by atoms with E-state index in [1.165, 1.54) is 0 Å². The molecular formula is C31H43FN4O5. The quantitative estimate of drug-likeness (QED) is 0.355. The number of ether oxygens (including phenoxy) is 4. The fourth-order valence-electron chi connectivity index (χ4n) is 5.29. The summed E-state index contributed by atoms with van der Waals surface area (Å²) in [6.07, 6.45) is 0. The Labute approximate surface area is 242 Å². The fourth-order valence-corrected chi connectivity index (χ4v) is 5.29. The van der Waals surface area contributed by atoms with Gasteiger partial charge >= 0.3 is 0 Å². The summed E-state index contributed by atoms with van der Waals surface area (Å²) in [7, 11) is 1.64. The zero-order chi connectivity index (χ0) is 29.7. The summed E-state index contributed by atoms with van der Waals surface area (Å²) in [6, 6.07) is 5.42. The molecule has 0 unspecified atom stereocenters. The molecule has 0 radical (unpaired) electrons. The lowest BCUT2D eigenvalue weighted by molar-refractivity contribution is 0.0398. The molecule has 4 rings (SSSR count). The number of carbonyl (C=O) groups is 1. The second kappa shape index (κ2) is 13.1. The Kier molecular flexibility index (Phi) is 9.76. The summed E-state index contributed by atoms with van der Waals surface area (Å²) in [4.78, 5) is 17.6. The average molecular weight is 571 g/mol. The third kappa shape index (κ3) is 6.76. The maximum atomic E-state index is 15.5. The van der Waals surface area contributed by atoms with Crippen molar-refractivity contribution in [3.8, 4) is 17.2 Å². The van der Waals surface area contributed by atoms with E-state index >= 15 is 4.39 Å². The molecule has 2 aromatic rings. The average Bonchev–Trinajstić information content (AvgIpc) is 3.25. The Balaban J connectivity index is 1.58. The molecule has 1 fully saturated rings. The van der Waals surface area contributed by atoms with Gasteiger partial charge in [0.15, 0.2) is 23.1 Å². The van der Waals surface area contributed by atoms with Crippen LogP contribution >= 0.6 is 0 Å². The molecule has 0 amide bonds. The van der Waals surface area contributed by atoms with Crippen molar-refractivity contribution in [2.75, 3.05) is 71.6 Å². The van der Waals surface area contributed by atoms with Crippen molar-refractivity contribution in [2.24, 2.45) is 0 Å². The predicted molar refractivity (Wildman–Crippen MR) is 158 cm³/mol. The molecule has 10 heteroatoms. The molecular weight excluding hydrogens is 527 g/mol. The molecule has 2 N–H and O–H groups in total. The molecule has 0 atom stereocenters. The zero-order valence-corrected chi connectivity index (χ0v) is 25.1. The minimum atomic E-state index is -0.626. The molecule has 2 aliphatic heterocycles. The van der Waals surface area contributed by atoms with E-state index in [9.17, 15) is 4.79 Å². The molecule has 2 heterocycles. The van der Waals surface area contributed by atoms with Gasteiger partial charge in [-0.3, -0.25) is 15.1 Å². The number of nitrogens with zero attached hydrogens (tertiary/aromatic N) is 2. The molecule has 224 valence electrons. The number of methoxy groups -OCH3 is 1. The number of nitrogens with one attached hydrogen (secondary N) is 2. The third-order valence-electron chi connectivity index (χ3n) is 7.38. The first-order valence-electron chi connectivity index (χ1n) is 14.3. The van der Waals surface area contributed by atoms with Gasteiger partial charge in [-0.05, 0) is 43.0 Å². The van der Waals surface area contributed by atoms with Crippen LogP contribution in [0.15, 0.2) is 18.2 Å². The Morgan fingerprint density at radius 3 is 2.44 bits per heavy atom. The molecule has 41 heavy (non-hydrogen) atoms. The first-order valence-corrected chi connectivity index (χ1v) is 14.3. The topological polar surface area (TPSA) is 96.4 Å². The van der Waals surface area contributed by atoms with Crippen LogP contribution in [0.25, 0.3) is 0 Å². The number of rotatable bonds is 12. The lowest BCUT2D eigenvalue weighted by atomic mass is 9.84. The van der Waals surface area contributed by atoms with E-state index in [2.05, 4.69) is 31.0 Å². The molecule has 0 spiro atoms. The van der Waals surface area contributed by atoms with Crippen LogP contribution < -0.4 is 19.5 Å². The van der Waals surface area contributed by atoms with Gasteiger partial charge in [0.1, 0.15) is 11.6 Å². The van der Waals surface area contributed by atoms with Crippen molar-refractivity contribution in [2.45, 2.75) is 46.6 Å². The Morgan fingerprint density at radius 2 is 1.80 bits per heavy atom. The Hall–Kier alpha value is -3.37. The normalized spacial score (nSPS) is 15.6. The van der Waals surface area contributed by atoms with Gasteiger partial charge in [0.2, 0.25) is 0 Å². The first kappa shape index (κ1) is 30.6. The summed E-state index contributed by atoms with van der Waals surface area (Å²) < 4.78 is 37.9. The van der Waals surface area contributed by atoms with Gasteiger partial charge in [0.25, 0.3) is 0 Å². The number of benzene rings is 2. The molecule has 2 aromatic carbocycles. The number of halogens is 1. The predicted octanol–water partition coefficient (Wildman–Crippen LogP) is 4.70. The molecule has 2 aliphatic rings. The summed E-state index contributed by atoms with van der Waals surface area (Å²) in [5, 5.41) is 12.2. The highest BCUT2D eigenvalue weighted by atomic mass is 19.1. The van der Waals surface area contributed by atoms with Crippen molar-refractivity contribution in [1.29, 1.82) is 5.41 Å². The molecule has 0 aromatic heterocycles. The SMILES string of the molecule is CCOc1cc2c(c(F)c1OCC)C(=N)N(CC(=O)c1cc(NCCN3CCOCC3)c(OC)c(C(C)(C)C)c1)C2. The number of fused-ring (bicyclic) bond motifs is 1. The van der Waals surface area contributed by atoms with E-state index in [1.54, 1.807) is 25.0 Å². The van der Waals surface area contributed by atoms with Gasteiger partial charge in [-0.15, -0.1) is 0 Å². The molecule has 9 nitrogen and oxygen atoms in total. The van der Waals surface area contributed by atoms with E-state index in [0.717, 1.165) is 44.1 Å². The highest BCUT2D eigenvalue weighted by Crippen LogP contribution is 2.40. The van der Waals surface area contributed by atoms with Gasteiger partial charge < -0.3 is 29.2 Å². The molecule has 0 bridgehead atoms. The number of Topliss-reactive ketones (excluding diaryl/α,β-unsaturated/α-hetero) is 1. The van der Waals surface area contributed by atoms with Crippen LogP contribution in [0.1, 0.15) is 61.7 Å². The standard InChI is InChI=1S/C31H43FN4O5/c1-7-40-25-17-21-18-36(30(33)26(21)27(32)29(25)41-8-2)19-24(37)20-15-22(31(3,4)5)28(38-6)23(16-20)34-9-10-35-11-13-39-14-12-35/h15-17,33-34H,7-14,18-19H2,1-6H3. The van der Waals surface area contributed by atoms with E-state index in [-0.39, 0.29) is 48.0 Å². The van der Waals surface area contributed by atoms with E-state index in [1.807, 2.05) is 19.1 Å². The van der Waals surface area contributed by atoms with Crippen LogP contribution in [0.4, 0.5) is 10.1 Å². The van der Waals surface area contributed by atoms with E-state index in [0.29, 0.717) is 35.8 Å². The van der Waals surface area contributed by atoms with Gasteiger partial charge in [-0.25, -0.2) is 4.39 Å². The largest absolute Gasteiger partial charge is 0.494 e. The summed E-state index contributed by atoms with van der Waals surface area (Å²) in [5.41, 5.74) is 2.65. The van der Waals surface area contributed by atoms with Crippen LogP contribution in [-0.2, 0) is 16.7 Å². The summed E-state index contributed by atoms with van der Waals surface area (Å²) in [5.74, 6) is 0.198. The minimum absolute atomic E-state index is 0.00351. The van der Waals surface area contributed by atoms with Gasteiger partial charge in [0, 0.05) is 43.9 Å². The van der Waals surface area contributed by atoms with Gasteiger partial charge in [-0.2, -0.15) is 0 Å². The molecule has 1 saturated heterocycles. The second-order valence-electron chi connectivity index (χ2n) is 11.3. The van der Waals surface area contributed by atoms with Crippen molar-refractivity contribution < 1.29 is 28.1 Å². The number of hydrogen-bond donors (Lipinski definition) is 2. The zero-order valence-electron chi connectivity index (χ0n) is 25.1. The highest BCUT2D eigenvalue weighted by molar-refractivity contribution is 6.06. The maximum Gasteiger partial charge on any atom is 0.197 e. The Morgan fingerprint density at radius 1 is 1.10 bits per heavy atom. The van der Waals surface area contributed by atoms with E-state index < -0.39 is 5.82 Å². The summed E-state index contributed by atoms with van der Waals surface area (Å²) >= 11 is 0. The molecule has 0 saturated carbocycles. The smallest absolute Gasteiger partial charge is 0.197 e. The third-order valence-corrected chi connectivity index (χ3v) is 7.38. The van der Waals surface area contributed by atoms with Gasteiger partial charge in [-0.1, -0.05) is 20.8 Å². The van der Waals surface area contributed by atoms with Crippen molar-refractivity contribution in [3.63, 3.8) is 0 Å². The lowest BCUT2D eigenvalue weighted by Gasteiger charge is -2.28. The van der Waals surface area contributed by atoms with Crippen LogP contribution in [0.5, 0.6) is 17.2 Å². The fraction of sp³-hybridized carbons (Fsp3) is 0.548. The second-order valence-corrected chi connectivity index (χ2v) is 11.3. The first-order chi connectivity index (χ1) is 19.6. The number of ketones is 1. The highest BCUT2D eigenvalue weighted by Gasteiger charge is 2.33. The maximum absolute atomic E-state index is 15.5. The number of anilines is 1. The van der Waals surface area contributed by atoms with Crippen LogP contribution in [0.3, 0.4) is 0 Å². The van der Waals surface area contributed by atoms with Crippen molar-refractivity contribution in [3.05, 3.63) is 46.3 Å². The summed E-state index contributed by atoms with van der Waals surface area (Å²) in [6.45, 7) is 15.4. The van der Waals surface area contributed by atoms with Crippen molar-refractivity contribution in [1.82, 2.24) is 9.80 Å². The number of morpholine rings is 1.